The molecule has 0 bridgehead atoms. The first-order valence-electron chi connectivity index (χ1n) is 11.9. The highest BCUT2D eigenvalue weighted by Crippen LogP contribution is 2.46. The van der Waals surface area contributed by atoms with Gasteiger partial charge in [-0.25, -0.2) is 0 Å². The molecule has 6 heteroatoms. The van der Waals surface area contributed by atoms with E-state index in [1.54, 1.807) is 0 Å². The van der Waals surface area contributed by atoms with Crippen molar-refractivity contribution in [1.29, 1.82) is 0 Å². The summed E-state index contributed by atoms with van der Waals surface area (Å²) in [5, 5.41) is 1.80. The Kier molecular flexibility index (Phi) is 6.69. The molecule has 1 aliphatic heterocycles. The van der Waals surface area contributed by atoms with E-state index in [4.69, 9.17) is 9.72 Å². The fraction of sp³-hybridized carbons (Fsp3) is 0.310. The number of nitrogens with zero attached hydrogens (tertiary/aromatic N) is 1. The van der Waals surface area contributed by atoms with Gasteiger partial charge in [0.2, 0.25) is 0 Å². The first-order valence-corrected chi connectivity index (χ1v) is 13.8. The van der Waals surface area contributed by atoms with Crippen LogP contribution < -0.4 is 0 Å². The number of esters is 1. The topological polar surface area (TPSA) is 55.0 Å². The molecule has 2 aromatic carbocycles. The van der Waals surface area contributed by atoms with Crippen molar-refractivity contribution in [3.8, 4) is 11.1 Å². The minimum atomic E-state index is -0.581. The summed E-state index contributed by atoms with van der Waals surface area (Å²) in [5.41, 5.74) is 6.52. The van der Waals surface area contributed by atoms with E-state index in [0.29, 0.717) is 11.7 Å². The molecule has 2 aromatic heterocycles. The van der Waals surface area contributed by atoms with Crippen LogP contribution in [0.1, 0.15) is 37.7 Å². The predicted molar refractivity (Wildman–Crippen MR) is 146 cm³/mol. The molecule has 0 saturated carbocycles. The largest absolute Gasteiger partial charge is 0.469 e. The van der Waals surface area contributed by atoms with Crippen LogP contribution in [0.3, 0.4) is 0 Å². The second-order valence-electron chi connectivity index (χ2n) is 9.78. The monoisotopic (exact) mass is 502 g/mol. The van der Waals surface area contributed by atoms with Gasteiger partial charge in [-0.2, -0.15) is 0 Å². The molecule has 4 nitrogen and oxygen atoms in total. The van der Waals surface area contributed by atoms with Gasteiger partial charge in [-0.15, -0.1) is 23.5 Å². The lowest BCUT2D eigenvalue weighted by Crippen LogP contribution is -2.28. The number of methoxy groups -OCH3 is 1. The molecule has 0 fully saturated rings. The van der Waals surface area contributed by atoms with Crippen molar-refractivity contribution in [3.05, 3.63) is 77.7 Å². The molecule has 1 unspecified atom stereocenters. The predicted octanol–water partition coefficient (Wildman–Crippen LogP) is 7.30. The van der Waals surface area contributed by atoms with Crippen molar-refractivity contribution >= 4 is 40.4 Å². The lowest BCUT2D eigenvalue weighted by Gasteiger charge is -2.24. The molecule has 1 atom stereocenters. The van der Waals surface area contributed by atoms with Crippen LogP contribution in [0.25, 0.3) is 22.0 Å². The number of rotatable bonds is 7. The lowest BCUT2D eigenvalue weighted by atomic mass is 9.88. The summed E-state index contributed by atoms with van der Waals surface area (Å²) in [6.45, 7) is 6.19. The van der Waals surface area contributed by atoms with Gasteiger partial charge in [0.05, 0.1) is 18.2 Å². The number of nitrogens with one attached hydrogen (secondary N) is 1. The van der Waals surface area contributed by atoms with Crippen molar-refractivity contribution < 1.29 is 9.53 Å². The maximum Gasteiger partial charge on any atom is 0.311 e. The summed E-state index contributed by atoms with van der Waals surface area (Å²) in [4.78, 5) is 23.3. The number of thioether (sulfide) groups is 2. The van der Waals surface area contributed by atoms with Gasteiger partial charge in [-0.05, 0) is 49.6 Å². The van der Waals surface area contributed by atoms with Gasteiger partial charge in [0, 0.05) is 55.6 Å². The number of carbonyl (C=O) groups is 1. The number of carbonyl (C=O) groups excluding carboxylic acids is 1. The number of aromatic amines is 1. The van der Waals surface area contributed by atoms with E-state index >= 15 is 0 Å². The lowest BCUT2D eigenvalue weighted by molar-refractivity contribution is -0.150. The Bertz CT molecular complexity index is 1360. The fourth-order valence-electron chi connectivity index (χ4n) is 4.74. The van der Waals surface area contributed by atoms with Crippen molar-refractivity contribution in [1.82, 2.24) is 9.97 Å². The Hall–Kier alpha value is -2.70. The molecular formula is C29H30N2O2S2. The van der Waals surface area contributed by atoms with Crippen LogP contribution in [0, 0.1) is 5.41 Å². The number of aromatic nitrogens is 2. The van der Waals surface area contributed by atoms with E-state index < -0.39 is 5.41 Å². The molecule has 0 spiro atoms. The molecule has 0 saturated heterocycles. The number of pyridine rings is 1. The second-order valence-corrected chi connectivity index (χ2v) is 12.2. The summed E-state index contributed by atoms with van der Waals surface area (Å²) in [6, 6.07) is 19.1. The summed E-state index contributed by atoms with van der Waals surface area (Å²) in [6.07, 6.45) is 3.63. The van der Waals surface area contributed by atoms with E-state index in [9.17, 15) is 4.79 Å². The Morgan fingerprint density at radius 3 is 2.66 bits per heavy atom. The summed E-state index contributed by atoms with van der Waals surface area (Å²) in [5.74, 6) is 0.649. The molecule has 0 aliphatic carbocycles. The fourth-order valence-corrected chi connectivity index (χ4v) is 7.01. The van der Waals surface area contributed by atoms with Gasteiger partial charge in [0.1, 0.15) is 0 Å². The zero-order valence-electron chi connectivity index (χ0n) is 20.6. The quantitative estimate of drug-likeness (QED) is 0.212. The van der Waals surface area contributed by atoms with Crippen LogP contribution in [-0.4, -0.2) is 28.3 Å². The molecule has 1 N–H and O–H groups in total. The number of ether oxygens (including phenoxy) is 1. The van der Waals surface area contributed by atoms with Gasteiger partial charge >= 0.3 is 5.97 Å². The van der Waals surface area contributed by atoms with Crippen LogP contribution in [0.15, 0.2) is 70.6 Å². The number of H-pyrrole nitrogens is 1. The number of hydrogen-bond donors (Lipinski definition) is 1. The third kappa shape index (κ3) is 4.87. The number of benzene rings is 2. The third-order valence-electron chi connectivity index (χ3n) is 6.53. The van der Waals surface area contributed by atoms with Gasteiger partial charge in [-0.3, -0.25) is 9.78 Å². The van der Waals surface area contributed by atoms with Crippen molar-refractivity contribution in [2.75, 3.05) is 7.11 Å². The van der Waals surface area contributed by atoms with Crippen molar-refractivity contribution in [2.24, 2.45) is 5.41 Å². The Labute approximate surface area is 215 Å². The summed E-state index contributed by atoms with van der Waals surface area (Å²) < 4.78 is 5.05. The molecule has 3 heterocycles. The van der Waals surface area contributed by atoms with Crippen LogP contribution >= 0.6 is 23.5 Å². The maximum atomic E-state index is 12.3. The molecule has 1 aliphatic rings. The first kappa shape index (κ1) is 24.0. The summed E-state index contributed by atoms with van der Waals surface area (Å²) >= 11 is 3.77. The zero-order chi connectivity index (χ0) is 24.6. The molecule has 4 aromatic rings. The third-order valence-corrected chi connectivity index (χ3v) is 8.92. The molecule has 5 rings (SSSR count). The van der Waals surface area contributed by atoms with E-state index in [2.05, 4.69) is 60.4 Å². The first-order chi connectivity index (χ1) is 16.9. The molecule has 35 heavy (non-hydrogen) atoms. The van der Waals surface area contributed by atoms with Gasteiger partial charge in [-0.1, -0.05) is 43.3 Å². The van der Waals surface area contributed by atoms with Crippen LogP contribution in [0.2, 0.25) is 0 Å². The normalized spacial score (nSPS) is 15.4. The minimum Gasteiger partial charge on any atom is -0.469 e. The smallest absolute Gasteiger partial charge is 0.311 e. The van der Waals surface area contributed by atoms with Gasteiger partial charge in [0.15, 0.2) is 0 Å². The average molecular weight is 503 g/mol. The van der Waals surface area contributed by atoms with Crippen LogP contribution in [0.4, 0.5) is 0 Å². The zero-order valence-corrected chi connectivity index (χ0v) is 22.2. The van der Waals surface area contributed by atoms with Crippen molar-refractivity contribution in [2.45, 2.75) is 54.4 Å². The highest BCUT2D eigenvalue weighted by atomic mass is 32.2. The second kappa shape index (κ2) is 9.75. The van der Waals surface area contributed by atoms with Gasteiger partial charge in [0.25, 0.3) is 0 Å². The van der Waals surface area contributed by atoms with E-state index in [-0.39, 0.29) is 5.97 Å². The molecule has 0 amide bonds. The Morgan fingerprint density at radius 2 is 1.94 bits per heavy atom. The number of hydrogen-bond acceptors (Lipinski definition) is 5. The highest BCUT2D eigenvalue weighted by molar-refractivity contribution is 8.00. The standard InChI is InChI=1S/C29H30N2O2S2/c1-18-14-22-25(34-17-21-11-10-20(16-30-21)19-8-6-5-7-9-19)13-12-23-26(22)27(35-18)24(31-23)15-29(2,3)28(32)33-4/h5-13,16,18,31H,14-15,17H2,1-4H3. The van der Waals surface area contributed by atoms with Gasteiger partial charge < -0.3 is 9.72 Å². The molecular weight excluding hydrogens is 472 g/mol. The van der Waals surface area contributed by atoms with Crippen LogP contribution in [0.5, 0.6) is 0 Å². The molecule has 180 valence electrons. The van der Waals surface area contributed by atoms with Crippen LogP contribution in [-0.2, 0) is 28.1 Å². The Balaban J connectivity index is 1.40. The van der Waals surface area contributed by atoms with E-state index in [0.717, 1.165) is 34.6 Å². The minimum absolute atomic E-state index is 0.181. The van der Waals surface area contributed by atoms with E-state index in [1.807, 2.05) is 49.6 Å². The molecule has 0 radical (unpaired) electrons. The summed E-state index contributed by atoms with van der Waals surface area (Å²) in [7, 11) is 1.46. The Morgan fingerprint density at radius 1 is 1.14 bits per heavy atom. The average Bonchev–Trinajstić information content (AvgIpc) is 3.20. The SMILES string of the molecule is COC(=O)C(C)(C)Cc1[nH]c2ccc(SCc3ccc(-c4ccccc4)cn3)c3c2c1SC(C)C3. The maximum absolute atomic E-state index is 12.3. The van der Waals surface area contributed by atoms with Crippen molar-refractivity contribution in [3.63, 3.8) is 0 Å². The van der Waals surface area contributed by atoms with E-state index in [1.165, 1.54) is 33.4 Å². The highest BCUT2D eigenvalue weighted by Gasteiger charge is 2.33.